The van der Waals surface area contributed by atoms with Gasteiger partial charge in [-0.1, -0.05) is 31.2 Å². The summed E-state index contributed by atoms with van der Waals surface area (Å²) in [6, 6.07) is 5.25. The molecule has 0 fully saturated rings. The third-order valence-corrected chi connectivity index (χ3v) is 4.58. The van der Waals surface area contributed by atoms with Crippen molar-refractivity contribution in [2.24, 2.45) is 7.05 Å². The van der Waals surface area contributed by atoms with Gasteiger partial charge in [0.25, 0.3) is 0 Å². The van der Waals surface area contributed by atoms with Crippen molar-refractivity contribution in [3.8, 4) is 11.5 Å². The van der Waals surface area contributed by atoms with Crippen LogP contribution in [0.3, 0.4) is 0 Å². The second-order valence-electron chi connectivity index (χ2n) is 5.25. The number of hydrogen-bond donors (Lipinski definition) is 0. The molecule has 1 heterocycles. The third-order valence-electron chi connectivity index (χ3n) is 3.60. The quantitative estimate of drug-likeness (QED) is 0.373. The fraction of sp³-hybridized carbons (Fsp3) is 0.471. The lowest BCUT2D eigenvalue weighted by Gasteiger charge is -2.12. The Labute approximate surface area is 146 Å². The first-order valence-corrected chi connectivity index (χ1v) is 8.95. The number of para-hydroxylation sites is 1. The van der Waals surface area contributed by atoms with E-state index in [-0.39, 0.29) is 0 Å². The summed E-state index contributed by atoms with van der Waals surface area (Å²) in [5.74, 6) is 2.76. The molecule has 0 bridgehead atoms. The molecule has 0 saturated heterocycles. The minimum absolute atomic E-state index is 0.447. The molecule has 0 amide bonds. The number of unbranched alkanes of at least 4 members (excludes halogenated alkanes) is 1. The van der Waals surface area contributed by atoms with E-state index in [1.165, 1.54) is 0 Å². The Morgan fingerprint density at radius 1 is 1.33 bits per heavy atom. The summed E-state index contributed by atoms with van der Waals surface area (Å²) in [7, 11) is 3.54. The summed E-state index contributed by atoms with van der Waals surface area (Å²) in [4.78, 5) is 11.1. The summed E-state index contributed by atoms with van der Waals surface area (Å²) in [5.41, 5.74) is 0.486. The van der Waals surface area contributed by atoms with E-state index in [1.807, 2.05) is 11.6 Å². The Kier molecular flexibility index (Phi) is 7.11. The van der Waals surface area contributed by atoms with E-state index in [4.69, 9.17) is 9.47 Å². The van der Waals surface area contributed by atoms with Gasteiger partial charge in [0, 0.05) is 19.2 Å². The molecule has 0 saturated carbocycles. The van der Waals surface area contributed by atoms with Crippen LogP contribution in [0.5, 0.6) is 11.5 Å². The van der Waals surface area contributed by atoms with Gasteiger partial charge in [-0.2, -0.15) is 0 Å². The van der Waals surface area contributed by atoms with Crippen LogP contribution in [0.4, 0.5) is 0 Å². The van der Waals surface area contributed by atoms with Crippen LogP contribution in [-0.2, 0) is 13.5 Å². The summed E-state index contributed by atoms with van der Waals surface area (Å²) >= 11 is 1.58. The SMILES string of the molecule is CCCCc1nnc(SCCOc2c(C=O)cccc2OC)n1C. The molecule has 0 radical (unpaired) electrons. The molecule has 0 atom stereocenters. The molecule has 1 aromatic carbocycles. The number of rotatable bonds is 10. The predicted octanol–water partition coefficient (Wildman–Crippen LogP) is 3.15. The zero-order valence-corrected chi connectivity index (χ0v) is 15.1. The normalized spacial score (nSPS) is 10.6. The highest BCUT2D eigenvalue weighted by Crippen LogP contribution is 2.30. The van der Waals surface area contributed by atoms with Crippen LogP contribution in [0.25, 0.3) is 0 Å². The molecule has 7 heteroatoms. The second kappa shape index (κ2) is 9.32. The standard InChI is InChI=1S/C17H23N3O3S/c1-4-5-9-15-18-19-17(20(15)2)24-11-10-23-16-13(12-21)7-6-8-14(16)22-3/h6-8,12H,4-5,9-11H2,1-3H3. The Hall–Kier alpha value is -2.02. The topological polar surface area (TPSA) is 66.2 Å². The maximum absolute atomic E-state index is 11.1. The third kappa shape index (κ3) is 4.50. The first kappa shape index (κ1) is 18.3. The van der Waals surface area contributed by atoms with Gasteiger partial charge in [0.2, 0.25) is 0 Å². The number of nitrogens with zero attached hydrogens (tertiary/aromatic N) is 3. The van der Waals surface area contributed by atoms with Crippen molar-refractivity contribution in [2.45, 2.75) is 31.3 Å². The molecule has 1 aromatic heterocycles. The monoisotopic (exact) mass is 349 g/mol. The number of ether oxygens (including phenoxy) is 2. The van der Waals surface area contributed by atoms with Gasteiger partial charge >= 0.3 is 0 Å². The number of thioether (sulfide) groups is 1. The van der Waals surface area contributed by atoms with Gasteiger partial charge in [0.15, 0.2) is 22.9 Å². The summed E-state index contributed by atoms with van der Waals surface area (Å²) in [6.45, 7) is 2.61. The first-order valence-electron chi connectivity index (χ1n) is 7.97. The van der Waals surface area contributed by atoms with E-state index in [0.29, 0.717) is 29.4 Å². The van der Waals surface area contributed by atoms with Crippen LogP contribution in [0, 0.1) is 0 Å². The van der Waals surface area contributed by atoms with Gasteiger partial charge in [-0.25, -0.2) is 0 Å². The zero-order chi connectivity index (χ0) is 17.4. The minimum Gasteiger partial charge on any atom is -0.493 e. The lowest BCUT2D eigenvalue weighted by Crippen LogP contribution is -2.05. The molecule has 0 N–H and O–H groups in total. The van der Waals surface area contributed by atoms with Crippen LogP contribution in [0.15, 0.2) is 23.4 Å². The fourth-order valence-electron chi connectivity index (χ4n) is 2.24. The van der Waals surface area contributed by atoms with Crippen LogP contribution in [0.1, 0.15) is 35.9 Å². The number of benzene rings is 1. The van der Waals surface area contributed by atoms with Crippen molar-refractivity contribution in [3.63, 3.8) is 0 Å². The number of hydrogen-bond acceptors (Lipinski definition) is 6. The summed E-state index contributed by atoms with van der Waals surface area (Å²) in [6.07, 6.45) is 3.97. The Balaban J connectivity index is 1.90. The largest absolute Gasteiger partial charge is 0.493 e. The van der Waals surface area contributed by atoms with E-state index >= 15 is 0 Å². The molecule has 0 spiro atoms. The van der Waals surface area contributed by atoms with E-state index < -0.39 is 0 Å². The number of carbonyl (C=O) groups excluding carboxylic acids is 1. The van der Waals surface area contributed by atoms with Crippen molar-refractivity contribution in [1.82, 2.24) is 14.8 Å². The van der Waals surface area contributed by atoms with E-state index in [9.17, 15) is 4.79 Å². The highest BCUT2D eigenvalue weighted by atomic mass is 32.2. The van der Waals surface area contributed by atoms with Gasteiger partial charge in [0.1, 0.15) is 5.82 Å². The van der Waals surface area contributed by atoms with E-state index in [2.05, 4.69) is 17.1 Å². The smallest absolute Gasteiger partial charge is 0.191 e. The molecular formula is C17H23N3O3S. The molecule has 24 heavy (non-hydrogen) atoms. The van der Waals surface area contributed by atoms with E-state index in [0.717, 1.165) is 36.5 Å². The zero-order valence-electron chi connectivity index (χ0n) is 14.3. The number of aromatic nitrogens is 3. The average molecular weight is 349 g/mol. The molecule has 2 rings (SSSR count). The lowest BCUT2D eigenvalue weighted by molar-refractivity contribution is 0.111. The molecule has 0 aliphatic carbocycles. The van der Waals surface area contributed by atoms with Crippen LogP contribution >= 0.6 is 11.8 Å². The minimum atomic E-state index is 0.447. The van der Waals surface area contributed by atoms with Crippen LogP contribution < -0.4 is 9.47 Å². The Morgan fingerprint density at radius 3 is 2.88 bits per heavy atom. The maximum atomic E-state index is 11.1. The van der Waals surface area contributed by atoms with Crippen molar-refractivity contribution in [2.75, 3.05) is 19.5 Å². The van der Waals surface area contributed by atoms with Crippen molar-refractivity contribution >= 4 is 18.0 Å². The molecule has 0 unspecified atom stereocenters. The summed E-state index contributed by atoms with van der Waals surface area (Å²) in [5, 5.41) is 9.33. The summed E-state index contributed by atoms with van der Waals surface area (Å²) < 4.78 is 13.0. The van der Waals surface area contributed by atoms with Gasteiger partial charge < -0.3 is 14.0 Å². The van der Waals surface area contributed by atoms with Gasteiger partial charge in [-0.05, 0) is 18.6 Å². The van der Waals surface area contributed by atoms with Crippen LogP contribution in [-0.4, -0.2) is 40.5 Å². The highest BCUT2D eigenvalue weighted by molar-refractivity contribution is 7.99. The molecular weight excluding hydrogens is 326 g/mol. The van der Waals surface area contributed by atoms with Crippen molar-refractivity contribution in [3.05, 3.63) is 29.6 Å². The molecule has 6 nitrogen and oxygen atoms in total. The number of aldehydes is 1. The molecule has 130 valence electrons. The fourth-order valence-corrected chi connectivity index (χ4v) is 2.99. The number of carbonyl (C=O) groups is 1. The Morgan fingerprint density at radius 2 is 2.17 bits per heavy atom. The average Bonchev–Trinajstić information content (AvgIpc) is 2.96. The highest BCUT2D eigenvalue weighted by Gasteiger charge is 2.11. The molecule has 2 aromatic rings. The number of aryl methyl sites for hydroxylation is 1. The van der Waals surface area contributed by atoms with Gasteiger partial charge in [0.05, 0.1) is 19.3 Å². The van der Waals surface area contributed by atoms with Crippen LogP contribution in [0.2, 0.25) is 0 Å². The van der Waals surface area contributed by atoms with Gasteiger partial charge in [-0.3, -0.25) is 4.79 Å². The Bertz CT molecular complexity index is 673. The maximum Gasteiger partial charge on any atom is 0.191 e. The van der Waals surface area contributed by atoms with Crippen molar-refractivity contribution in [1.29, 1.82) is 0 Å². The van der Waals surface area contributed by atoms with Gasteiger partial charge in [-0.15, -0.1) is 10.2 Å². The molecule has 0 aliphatic heterocycles. The van der Waals surface area contributed by atoms with E-state index in [1.54, 1.807) is 37.1 Å². The first-order chi connectivity index (χ1) is 11.7. The predicted molar refractivity (Wildman–Crippen MR) is 94.2 cm³/mol. The lowest BCUT2D eigenvalue weighted by atomic mass is 10.2. The second-order valence-corrected chi connectivity index (χ2v) is 6.32. The number of methoxy groups -OCH3 is 1. The van der Waals surface area contributed by atoms with Crippen molar-refractivity contribution < 1.29 is 14.3 Å². The molecule has 0 aliphatic rings.